The number of nitriles is 1. The van der Waals surface area contributed by atoms with E-state index in [1.807, 2.05) is 6.07 Å². The highest BCUT2D eigenvalue weighted by Crippen LogP contribution is 2.42. The molecular formula is C25H16BrClN4O4S. The Labute approximate surface area is 223 Å². The summed E-state index contributed by atoms with van der Waals surface area (Å²) in [6, 6.07) is 21.3. The molecule has 1 fully saturated rings. The highest BCUT2D eigenvalue weighted by atomic mass is 79.9. The largest absolute Gasteiger partial charge is 0.321 e. The van der Waals surface area contributed by atoms with Gasteiger partial charge in [0.2, 0.25) is 5.91 Å². The maximum Gasteiger partial charge on any atom is 0.269 e. The molecule has 8 nitrogen and oxygen atoms in total. The third-order valence-corrected chi connectivity index (χ3v) is 7.28. The molecule has 1 heterocycles. The van der Waals surface area contributed by atoms with Crippen LogP contribution in [0.25, 0.3) is 0 Å². The van der Waals surface area contributed by atoms with Gasteiger partial charge in [-0.25, -0.2) is 0 Å². The molecule has 1 N–H and O–H groups in total. The van der Waals surface area contributed by atoms with E-state index in [1.165, 1.54) is 17.0 Å². The van der Waals surface area contributed by atoms with E-state index in [0.29, 0.717) is 22.0 Å². The van der Waals surface area contributed by atoms with E-state index in [9.17, 15) is 25.0 Å². The number of nitro groups is 1. The van der Waals surface area contributed by atoms with Gasteiger partial charge in [0.15, 0.2) is 0 Å². The first kappa shape index (κ1) is 25.4. The van der Waals surface area contributed by atoms with Gasteiger partial charge in [0, 0.05) is 33.0 Å². The molecular weight excluding hydrogens is 568 g/mol. The normalized spacial score (nSPS) is 16.4. The van der Waals surface area contributed by atoms with E-state index in [4.69, 9.17) is 11.6 Å². The van der Waals surface area contributed by atoms with Crippen LogP contribution in [0.15, 0.2) is 87.9 Å². The smallest absolute Gasteiger partial charge is 0.269 e. The molecule has 1 aliphatic heterocycles. The number of non-ortho nitro benzene ring substituents is 1. The molecule has 1 saturated heterocycles. The minimum atomic E-state index is -0.707. The maximum absolute atomic E-state index is 13.5. The van der Waals surface area contributed by atoms with Crippen molar-refractivity contribution in [2.75, 3.05) is 10.2 Å². The van der Waals surface area contributed by atoms with Crippen LogP contribution in [-0.4, -0.2) is 22.0 Å². The zero-order valence-electron chi connectivity index (χ0n) is 18.4. The van der Waals surface area contributed by atoms with E-state index in [0.717, 1.165) is 16.2 Å². The number of hydrogen-bond acceptors (Lipinski definition) is 6. The first-order valence-corrected chi connectivity index (χ1v) is 12.5. The SMILES string of the molecule is N#C/C(C(=O)Nc1ccc(Br)cc1)=C1/S[C@H](Cc2cccc([N+](=O)[O-])c2)C(=O)N1c1ccc(Cl)cc1. The highest BCUT2D eigenvalue weighted by molar-refractivity contribution is 9.10. The first-order valence-electron chi connectivity index (χ1n) is 10.5. The number of carbonyl (C=O) groups excluding carboxylic acids is 2. The van der Waals surface area contributed by atoms with Gasteiger partial charge in [0.25, 0.3) is 11.6 Å². The molecule has 0 bridgehead atoms. The second kappa shape index (κ2) is 11.0. The van der Waals surface area contributed by atoms with Crippen LogP contribution < -0.4 is 10.2 Å². The van der Waals surface area contributed by atoms with Gasteiger partial charge in [-0.15, -0.1) is 0 Å². The Morgan fingerprint density at radius 3 is 2.50 bits per heavy atom. The molecule has 3 aromatic rings. The fourth-order valence-corrected chi connectivity index (χ4v) is 5.25. The highest BCUT2D eigenvalue weighted by Gasteiger charge is 2.41. The average Bonchev–Trinajstić information content (AvgIpc) is 3.17. The summed E-state index contributed by atoms with van der Waals surface area (Å²) in [5, 5.41) is 23.7. The lowest BCUT2D eigenvalue weighted by atomic mass is 10.1. The second-order valence-corrected chi connectivity index (χ2v) is 10.2. The van der Waals surface area contributed by atoms with Crippen molar-refractivity contribution in [1.82, 2.24) is 0 Å². The van der Waals surface area contributed by atoms with E-state index in [2.05, 4.69) is 21.2 Å². The third kappa shape index (κ3) is 5.60. The summed E-state index contributed by atoms with van der Waals surface area (Å²) in [5.74, 6) is -1.02. The molecule has 4 rings (SSSR count). The van der Waals surface area contributed by atoms with Crippen molar-refractivity contribution >= 4 is 68.2 Å². The third-order valence-electron chi connectivity index (χ3n) is 5.23. The summed E-state index contributed by atoms with van der Waals surface area (Å²) in [4.78, 5) is 38.6. The van der Waals surface area contributed by atoms with Gasteiger partial charge in [0.05, 0.1) is 10.2 Å². The molecule has 3 aromatic carbocycles. The lowest BCUT2D eigenvalue weighted by Crippen LogP contribution is -2.30. The molecule has 0 radical (unpaired) electrons. The van der Waals surface area contributed by atoms with Crippen LogP contribution in [-0.2, 0) is 16.0 Å². The minimum absolute atomic E-state index is 0.0835. The van der Waals surface area contributed by atoms with Gasteiger partial charge >= 0.3 is 0 Å². The maximum atomic E-state index is 13.5. The summed E-state index contributed by atoms with van der Waals surface area (Å²) >= 11 is 10.4. The summed E-state index contributed by atoms with van der Waals surface area (Å²) < 4.78 is 0.828. The number of rotatable bonds is 6. The number of amides is 2. The number of benzene rings is 3. The topological polar surface area (TPSA) is 116 Å². The number of thioether (sulfide) groups is 1. The monoisotopic (exact) mass is 582 g/mol. The van der Waals surface area contributed by atoms with Crippen LogP contribution >= 0.6 is 39.3 Å². The van der Waals surface area contributed by atoms with Crippen LogP contribution in [0.1, 0.15) is 5.56 Å². The Morgan fingerprint density at radius 2 is 1.86 bits per heavy atom. The molecule has 36 heavy (non-hydrogen) atoms. The predicted molar refractivity (Wildman–Crippen MR) is 143 cm³/mol. The minimum Gasteiger partial charge on any atom is -0.321 e. The van der Waals surface area contributed by atoms with Crippen molar-refractivity contribution in [2.24, 2.45) is 0 Å². The summed E-state index contributed by atoms with van der Waals surface area (Å²) in [7, 11) is 0. The number of carbonyl (C=O) groups is 2. The van der Waals surface area contributed by atoms with Crippen molar-refractivity contribution in [2.45, 2.75) is 11.7 Å². The Hall–Kier alpha value is -3.65. The molecule has 0 saturated carbocycles. The average molecular weight is 584 g/mol. The Bertz CT molecular complexity index is 1420. The summed E-state index contributed by atoms with van der Waals surface area (Å²) in [5.41, 5.74) is 1.20. The van der Waals surface area contributed by atoms with Crippen molar-refractivity contribution in [3.05, 3.63) is 109 Å². The van der Waals surface area contributed by atoms with Crippen LogP contribution in [0, 0.1) is 21.4 Å². The van der Waals surface area contributed by atoms with E-state index in [-0.39, 0.29) is 28.6 Å². The fraction of sp³-hybridized carbons (Fsp3) is 0.0800. The zero-order valence-corrected chi connectivity index (χ0v) is 21.5. The summed E-state index contributed by atoms with van der Waals surface area (Å²) in [6.07, 6.45) is 0.172. The van der Waals surface area contributed by atoms with Crippen LogP contribution in [0.5, 0.6) is 0 Å². The van der Waals surface area contributed by atoms with Crippen LogP contribution in [0.2, 0.25) is 5.02 Å². The quantitative estimate of drug-likeness (QED) is 0.163. The molecule has 0 unspecified atom stereocenters. The molecule has 2 amide bonds. The summed E-state index contributed by atoms with van der Waals surface area (Å²) in [6.45, 7) is 0. The van der Waals surface area contributed by atoms with Gasteiger partial charge in [0.1, 0.15) is 16.7 Å². The number of nitrogens with one attached hydrogen (secondary N) is 1. The molecule has 0 spiro atoms. The van der Waals surface area contributed by atoms with Crippen LogP contribution in [0.3, 0.4) is 0 Å². The standard InChI is InChI=1S/C25H16BrClN4O4S/c26-16-4-8-18(9-5-16)29-23(32)21(14-28)25-30(19-10-6-17(27)7-11-19)24(33)22(36-25)13-15-2-1-3-20(12-15)31(34)35/h1-12,22H,13H2,(H,29,32)/b25-21-/t22-/m1/s1. The first-order chi connectivity index (χ1) is 17.3. The lowest BCUT2D eigenvalue weighted by Gasteiger charge is -2.19. The predicted octanol–water partition coefficient (Wildman–Crippen LogP) is 6.08. The molecule has 11 heteroatoms. The second-order valence-electron chi connectivity index (χ2n) is 7.64. The van der Waals surface area contributed by atoms with Crippen LogP contribution in [0.4, 0.5) is 17.1 Å². The van der Waals surface area contributed by atoms with Crippen molar-refractivity contribution in [3.8, 4) is 6.07 Å². The molecule has 1 aliphatic rings. The molecule has 0 aliphatic carbocycles. The van der Waals surface area contributed by atoms with Gasteiger partial charge < -0.3 is 5.32 Å². The van der Waals surface area contributed by atoms with E-state index < -0.39 is 16.1 Å². The van der Waals surface area contributed by atoms with Gasteiger partial charge in [-0.1, -0.05) is 51.4 Å². The lowest BCUT2D eigenvalue weighted by molar-refractivity contribution is -0.384. The Balaban J connectivity index is 1.72. The van der Waals surface area contributed by atoms with Crippen molar-refractivity contribution in [1.29, 1.82) is 5.26 Å². The van der Waals surface area contributed by atoms with E-state index >= 15 is 0 Å². The number of hydrogen-bond donors (Lipinski definition) is 1. The van der Waals surface area contributed by atoms with E-state index in [1.54, 1.807) is 60.7 Å². The molecule has 0 aromatic heterocycles. The Morgan fingerprint density at radius 1 is 1.17 bits per heavy atom. The van der Waals surface area contributed by atoms with Crippen molar-refractivity contribution in [3.63, 3.8) is 0 Å². The number of nitrogens with zero attached hydrogens (tertiary/aromatic N) is 3. The number of halogens is 2. The van der Waals surface area contributed by atoms with Gasteiger partial charge in [-0.2, -0.15) is 5.26 Å². The van der Waals surface area contributed by atoms with Gasteiger partial charge in [-0.05, 0) is 60.5 Å². The number of nitro benzene ring substituents is 1. The van der Waals surface area contributed by atoms with Crippen molar-refractivity contribution < 1.29 is 14.5 Å². The number of anilines is 2. The molecule has 180 valence electrons. The molecule has 1 atom stereocenters. The Kier molecular flexibility index (Phi) is 7.74. The van der Waals surface area contributed by atoms with Gasteiger partial charge in [-0.3, -0.25) is 24.6 Å². The zero-order chi connectivity index (χ0) is 25.8. The fourth-order valence-electron chi connectivity index (χ4n) is 3.55.